The number of hydrogen-bond donors (Lipinski definition) is 2. The first-order valence-corrected chi connectivity index (χ1v) is 6.18. The number of rotatable bonds is 5. The van der Waals surface area contributed by atoms with Gasteiger partial charge in [-0.3, -0.25) is 0 Å². The molecule has 1 unspecified atom stereocenters. The minimum absolute atomic E-state index is 0.0100. The Hall–Kier alpha value is -0.220. The number of benzene rings is 1. The van der Waals surface area contributed by atoms with E-state index in [1.165, 1.54) is 0 Å². The lowest BCUT2D eigenvalue weighted by atomic mass is 10.0. The molecule has 0 heterocycles. The van der Waals surface area contributed by atoms with Crippen LogP contribution in [0.3, 0.4) is 0 Å². The Morgan fingerprint density at radius 1 is 1.47 bits per heavy atom. The highest BCUT2D eigenvalue weighted by Gasteiger charge is 2.16. The summed E-state index contributed by atoms with van der Waals surface area (Å²) in [6, 6.07) is 7.73. The minimum Gasteiger partial charge on any atom is -0.394 e. The van der Waals surface area contributed by atoms with Gasteiger partial charge in [-0.25, -0.2) is 0 Å². The van der Waals surface area contributed by atoms with Gasteiger partial charge in [0.05, 0.1) is 11.6 Å². The zero-order valence-corrected chi connectivity index (χ0v) is 10.3. The van der Waals surface area contributed by atoms with Crippen LogP contribution < -0.4 is 5.73 Å². The molecule has 15 heavy (non-hydrogen) atoms. The summed E-state index contributed by atoms with van der Waals surface area (Å²) in [4.78, 5) is 1.06. The number of aliphatic hydroxyl groups excluding tert-OH is 1. The van der Waals surface area contributed by atoms with Gasteiger partial charge in [0.1, 0.15) is 0 Å². The van der Waals surface area contributed by atoms with Gasteiger partial charge in [0.25, 0.3) is 0 Å². The minimum atomic E-state index is -0.492. The van der Waals surface area contributed by atoms with Gasteiger partial charge in [-0.2, -0.15) is 0 Å². The molecule has 84 valence electrons. The molecule has 0 bridgehead atoms. The summed E-state index contributed by atoms with van der Waals surface area (Å²) in [7, 11) is 0. The highest BCUT2D eigenvalue weighted by molar-refractivity contribution is 7.99. The third kappa shape index (κ3) is 4.43. The summed E-state index contributed by atoms with van der Waals surface area (Å²) in [5.74, 6) is 0.858. The Kier molecular flexibility index (Phi) is 4.93. The average molecular weight is 246 g/mol. The third-order valence-corrected chi connectivity index (χ3v) is 3.65. The third-order valence-electron chi connectivity index (χ3n) is 2.13. The van der Waals surface area contributed by atoms with E-state index < -0.39 is 5.54 Å². The fraction of sp³-hybridized carbons (Fsp3) is 0.455. The van der Waals surface area contributed by atoms with E-state index in [1.807, 2.05) is 31.2 Å². The molecule has 4 heteroatoms. The van der Waals surface area contributed by atoms with E-state index >= 15 is 0 Å². The maximum Gasteiger partial charge on any atom is 0.0608 e. The molecular formula is C11H16ClNOS. The zero-order chi connectivity index (χ0) is 11.3. The van der Waals surface area contributed by atoms with Crippen LogP contribution in [0.2, 0.25) is 5.02 Å². The molecule has 0 radical (unpaired) electrons. The summed E-state index contributed by atoms with van der Waals surface area (Å²) in [6.45, 7) is 1.86. The fourth-order valence-corrected chi connectivity index (χ4v) is 2.50. The molecule has 0 amide bonds. The Labute approximate surface area is 99.8 Å². The van der Waals surface area contributed by atoms with Crippen LogP contribution in [0.1, 0.15) is 13.3 Å². The highest BCUT2D eigenvalue weighted by Crippen LogP contribution is 2.27. The SMILES string of the molecule is CC(N)(CO)CCSc1ccccc1Cl. The molecule has 0 aliphatic carbocycles. The fourth-order valence-electron chi connectivity index (χ4n) is 1.03. The summed E-state index contributed by atoms with van der Waals surface area (Å²) < 4.78 is 0. The van der Waals surface area contributed by atoms with Gasteiger partial charge in [-0.05, 0) is 31.2 Å². The molecule has 1 rings (SSSR count). The van der Waals surface area contributed by atoms with Crippen molar-refractivity contribution in [2.45, 2.75) is 23.8 Å². The van der Waals surface area contributed by atoms with E-state index in [9.17, 15) is 0 Å². The molecule has 0 saturated carbocycles. The summed E-state index contributed by atoms with van der Waals surface area (Å²) in [5.41, 5.74) is 5.33. The first-order valence-electron chi connectivity index (χ1n) is 4.82. The van der Waals surface area contributed by atoms with Crippen LogP contribution in [0.15, 0.2) is 29.2 Å². The van der Waals surface area contributed by atoms with Crippen LogP contribution in [0, 0.1) is 0 Å². The molecule has 2 nitrogen and oxygen atoms in total. The van der Waals surface area contributed by atoms with Gasteiger partial charge in [0.2, 0.25) is 0 Å². The van der Waals surface area contributed by atoms with Crippen molar-refractivity contribution in [1.82, 2.24) is 0 Å². The lowest BCUT2D eigenvalue weighted by Gasteiger charge is -2.21. The second-order valence-electron chi connectivity index (χ2n) is 3.84. The van der Waals surface area contributed by atoms with Crippen molar-refractivity contribution < 1.29 is 5.11 Å². The van der Waals surface area contributed by atoms with Crippen molar-refractivity contribution in [2.24, 2.45) is 5.73 Å². The second kappa shape index (κ2) is 5.75. The largest absolute Gasteiger partial charge is 0.394 e. The lowest BCUT2D eigenvalue weighted by molar-refractivity contribution is 0.206. The van der Waals surface area contributed by atoms with Crippen LogP contribution >= 0.6 is 23.4 Å². The molecule has 0 fully saturated rings. The van der Waals surface area contributed by atoms with E-state index in [1.54, 1.807) is 11.8 Å². The second-order valence-corrected chi connectivity index (χ2v) is 5.38. The molecule has 0 spiro atoms. The van der Waals surface area contributed by atoms with E-state index in [0.29, 0.717) is 0 Å². The molecule has 0 aromatic heterocycles. The van der Waals surface area contributed by atoms with Gasteiger partial charge in [-0.15, -0.1) is 11.8 Å². The van der Waals surface area contributed by atoms with Gasteiger partial charge in [0, 0.05) is 10.4 Å². The van der Waals surface area contributed by atoms with Gasteiger partial charge in [-0.1, -0.05) is 23.7 Å². The van der Waals surface area contributed by atoms with E-state index in [0.717, 1.165) is 22.1 Å². The Balaban J connectivity index is 2.42. The molecule has 1 aromatic rings. The molecule has 0 saturated heterocycles. The maximum atomic E-state index is 8.99. The average Bonchev–Trinajstić information content (AvgIpc) is 2.21. The molecular weight excluding hydrogens is 230 g/mol. The van der Waals surface area contributed by atoms with Crippen LogP contribution in [-0.4, -0.2) is 23.0 Å². The Morgan fingerprint density at radius 3 is 2.73 bits per heavy atom. The van der Waals surface area contributed by atoms with Crippen LogP contribution in [0.25, 0.3) is 0 Å². The van der Waals surface area contributed by atoms with Crippen molar-refractivity contribution in [3.63, 3.8) is 0 Å². The smallest absolute Gasteiger partial charge is 0.0608 e. The summed E-state index contributed by atoms with van der Waals surface area (Å²) in [6.07, 6.45) is 0.763. The predicted molar refractivity (Wildman–Crippen MR) is 66.5 cm³/mol. The normalized spacial score (nSPS) is 14.9. The number of halogens is 1. The number of hydrogen-bond acceptors (Lipinski definition) is 3. The molecule has 1 aromatic carbocycles. The van der Waals surface area contributed by atoms with Crippen LogP contribution in [0.5, 0.6) is 0 Å². The molecule has 0 aliphatic heterocycles. The Bertz CT molecular complexity index is 317. The van der Waals surface area contributed by atoms with Crippen molar-refractivity contribution in [3.05, 3.63) is 29.3 Å². The van der Waals surface area contributed by atoms with E-state index in [4.69, 9.17) is 22.4 Å². The number of thioether (sulfide) groups is 1. The monoisotopic (exact) mass is 245 g/mol. The van der Waals surface area contributed by atoms with Crippen LogP contribution in [-0.2, 0) is 0 Å². The summed E-state index contributed by atoms with van der Waals surface area (Å²) in [5, 5.41) is 9.75. The van der Waals surface area contributed by atoms with Gasteiger partial charge >= 0.3 is 0 Å². The molecule has 1 atom stereocenters. The first kappa shape index (κ1) is 12.8. The molecule has 3 N–H and O–H groups in total. The maximum absolute atomic E-state index is 8.99. The van der Waals surface area contributed by atoms with Gasteiger partial charge in [0.15, 0.2) is 0 Å². The quantitative estimate of drug-likeness (QED) is 0.784. The van der Waals surface area contributed by atoms with E-state index in [-0.39, 0.29) is 6.61 Å². The van der Waals surface area contributed by atoms with Crippen molar-refractivity contribution in [1.29, 1.82) is 0 Å². The standard InChI is InChI=1S/C11H16ClNOS/c1-11(13,8-14)6-7-15-10-5-3-2-4-9(10)12/h2-5,14H,6-8,13H2,1H3. The van der Waals surface area contributed by atoms with Crippen molar-refractivity contribution >= 4 is 23.4 Å². The number of nitrogens with two attached hydrogens (primary N) is 1. The van der Waals surface area contributed by atoms with Gasteiger partial charge < -0.3 is 10.8 Å². The summed E-state index contributed by atoms with van der Waals surface area (Å²) >= 11 is 7.67. The predicted octanol–water partition coefficient (Wildman–Crippen LogP) is 2.53. The van der Waals surface area contributed by atoms with Crippen LogP contribution in [0.4, 0.5) is 0 Å². The molecule has 0 aliphatic rings. The number of aliphatic hydroxyl groups is 1. The topological polar surface area (TPSA) is 46.2 Å². The van der Waals surface area contributed by atoms with Crippen molar-refractivity contribution in [2.75, 3.05) is 12.4 Å². The highest BCUT2D eigenvalue weighted by atomic mass is 35.5. The Morgan fingerprint density at radius 2 is 2.13 bits per heavy atom. The first-order chi connectivity index (χ1) is 7.05. The zero-order valence-electron chi connectivity index (χ0n) is 8.74. The van der Waals surface area contributed by atoms with Crippen molar-refractivity contribution in [3.8, 4) is 0 Å². The lowest BCUT2D eigenvalue weighted by Crippen LogP contribution is -2.40. The van der Waals surface area contributed by atoms with E-state index in [2.05, 4.69) is 0 Å².